The van der Waals surface area contributed by atoms with Crippen molar-refractivity contribution in [2.45, 2.75) is 19.8 Å². The van der Waals surface area contributed by atoms with Gasteiger partial charge in [-0.15, -0.1) is 0 Å². The normalized spacial score (nSPS) is 14.8. The predicted molar refractivity (Wildman–Crippen MR) is 77.4 cm³/mol. The molecule has 1 fully saturated rings. The number of furan rings is 1. The number of ketones is 1. The number of carbonyl (C=O) groups is 3. The van der Waals surface area contributed by atoms with E-state index in [4.69, 9.17) is 9.15 Å². The van der Waals surface area contributed by atoms with Crippen molar-refractivity contribution in [2.75, 3.05) is 32.8 Å². The van der Waals surface area contributed by atoms with Gasteiger partial charge in [0.15, 0.2) is 11.5 Å². The third-order valence-corrected chi connectivity index (χ3v) is 3.52. The fraction of sp³-hybridized carbons (Fsp3) is 0.533. The molecule has 0 unspecified atom stereocenters. The summed E-state index contributed by atoms with van der Waals surface area (Å²) >= 11 is 0. The van der Waals surface area contributed by atoms with Crippen LogP contribution >= 0.6 is 0 Å². The van der Waals surface area contributed by atoms with Crippen LogP contribution in [0.4, 0.5) is 4.79 Å². The molecule has 0 bridgehead atoms. The van der Waals surface area contributed by atoms with Gasteiger partial charge in [0.1, 0.15) is 0 Å². The molecule has 1 aliphatic heterocycles. The van der Waals surface area contributed by atoms with Gasteiger partial charge in [-0.2, -0.15) is 0 Å². The molecular formula is C15H20N2O5. The number of ether oxygens (including phenoxy) is 1. The number of piperazine rings is 1. The number of hydrogen-bond acceptors (Lipinski definition) is 5. The molecule has 7 nitrogen and oxygen atoms in total. The fourth-order valence-corrected chi connectivity index (χ4v) is 2.29. The highest BCUT2D eigenvalue weighted by Crippen LogP contribution is 2.10. The molecule has 0 atom stereocenters. The SMILES string of the molecule is CCOC(=O)N1CCN(C(=O)CCC(=O)c2ccco2)CC1. The molecule has 2 rings (SSSR count). The van der Waals surface area contributed by atoms with Crippen molar-refractivity contribution in [3.63, 3.8) is 0 Å². The van der Waals surface area contributed by atoms with Crippen molar-refractivity contribution < 1.29 is 23.5 Å². The minimum Gasteiger partial charge on any atom is -0.461 e. The van der Waals surface area contributed by atoms with E-state index in [1.165, 1.54) is 6.26 Å². The molecule has 0 radical (unpaired) electrons. The van der Waals surface area contributed by atoms with E-state index < -0.39 is 0 Å². The molecule has 0 aromatic carbocycles. The Balaban J connectivity index is 1.73. The molecule has 1 saturated heterocycles. The monoisotopic (exact) mass is 308 g/mol. The van der Waals surface area contributed by atoms with Gasteiger partial charge >= 0.3 is 6.09 Å². The number of rotatable bonds is 5. The Hall–Kier alpha value is -2.31. The zero-order valence-electron chi connectivity index (χ0n) is 12.6. The average Bonchev–Trinajstić information content (AvgIpc) is 3.07. The Morgan fingerprint density at radius 2 is 1.82 bits per heavy atom. The summed E-state index contributed by atoms with van der Waals surface area (Å²) in [5, 5.41) is 0. The summed E-state index contributed by atoms with van der Waals surface area (Å²) in [6.07, 6.45) is 1.37. The second kappa shape index (κ2) is 7.63. The first-order chi connectivity index (χ1) is 10.6. The van der Waals surface area contributed by atoms with Crippen LogP contribution in [0.15, 0.2) is 22.8 Å². The Bertz CT molecular complexity index is 518. The fourth-order valence-electron chi connectivity index (χ4n) is 2.29. The molecule has 0 aliphatic carbocycles. The van der Waals surface area contributed by atoms with Crippen LogP contribution in [0, 0.1) is 0 Å². The van der Waals surface area contributed by atoms with Crippen molar-refractivity contribution >= 4 is 17.8 Å². The number of amides is 2. The first-order valence-electron chi connectivity index (χ1n) is 7.38. The Labute approximate surface area is 128 Å². The smallest absolute Gasteiger partial charge is 0.409 e. The maximum Gasteiger partial charge on any atom is 0.409 e. The van der Waals surface area contributed by atoms with Gasteiger partial charge in [-0.05, 0) is 19.1 Å². The highest BCUT2D eigenvalue weighted by Gasteiger charge is 2.25. The van der Waals surface area contributed by atoms with E-state index in [2.05, 4.69) is 0 Å². The van der Waals surface area contributed by atoms with Crippen molar-refractivity contribution in [1.82, 2.24) is 9.80 Å². The van der Waals surface area contributed by atoms with Crippen LogP contribution in [-0.2, 0) is 9.53 Å². The second-order valence-electron chi connectivity index (χ2n) is 4.97. The van der Waals surface area contributed by atoms with Crippen molar-refractivity contribution in [3.05, 3.63) is 24.2 Å². The number of hydrogen-bond donors (Lipinski definition) is 0. The van der Waals surface area contributed by atoms with E-state index in [-0.39, 0.29) is 36.4 Å². The summed E-state index contributed by atoms with van der Waals surface area (Å²) in [7, 11) is 0. The molecule has 0 saturated carbocycles. The van der Waals surface area contributed by atoms with E-state index in [0.29, 0.717) is 32.8 Å². The highest BCUT2D eigenvalue weighted by atomic mass is 16.6. The third kappa shape index (κ3) is 4.09. The lowest BCUT2D eigenvalue weighted by molar-refractivity contribution is -0.132. The second-order valence-corrected chi connectivity index (χ2v) is 4.97. The molecule has 1 aromatic rings. The van der Waals surface area contributed by atoms with Crippen LogP contribution in [0.2, 0.25) is 0 Å². The lowest BCUT2D eigenvalue weighted by Gasteiger charge is -2.34. The zero-order chi connectivity index (χ0) is 15.9. The van der Waals surface area contributed by atoms with Gasteiger partial charge in [0.25, 0.3) is 0 Å². The van der Waals surface area contributed by atoms with Gasteiger partial charge in [0.2, 0.25) is 5.91 Å². The molecule has 2 heterocycles. The van der Waals surface area contributed by atoms with Gasteiger partial charge < -0.3 is 19.0 Å². The molecule has 2 amide bonds. The van der Waals surface area contributed by atoms with Crippen molar-refractivity contribution in [2.24, 2.45) is 0 Å². The molecule has 1 aromatic heterocycles. The Kier molecular flexibility index (Phi) is 5.57. The first-order valence-corrected chi connectivity index (χ1v) is 7.38. The highest BCUT2D eigenvalue weighted by molar-refractivity contribution is 5.95. The van der Waals surface area contributed by atoms with Gasteiger partial charge in [0.05, 0.1) is 12.9 Å². The van der Waals surface area contributed by atoms with Gasteiger partial charge in [-0.1, -0.05) is 0 Å². The maximum absolute atomic E-state index is 12.1. The van der Waals surface area contributed by atoms with Crippen LogP contribution in [0.3, 0.4) is 0 Å². The van der Waals surface area contributed by atoms with Crippen LogP contribution in [-0.4, -0.2) is 60.4 Å². The van der Waals surface area contributed by atoms with Crippen LogP contribution in [0.25, 0.3) is 0 Å². The van der Waals surface area contributed by atoms with Crippen molar-refractivity contribution in [3.8, 4) is 0 Å². The van der Waals surface area contributed by atoms with Crippen molar-refractivity contribution in [1.29, 1.82) is 0 Å². The molecule has 0 N–H and O–H groups in total. The summed E-state index contributed by atoms with van der Waals surface area (Å²) in [5.74, 6) is 0.0202. The molecule has 120 valence electrons. The van der Waals surface area contributed by atoms with E-state index in [1.54, 1.807) is 28.9 Å². The summed E-state index contributed by atoms with van der Waals surface area (Å²) in [6.45, 7) is 3.94. The largest absolute Gasteiger partial charge is 0.461 e. The van der Waals surface area contributed by atoms with Gasteiger partial charge in [-0.25, -0.2) is 4.79 Å². The third-order valence-electron chi connectivity index (χ3n) is 3.52. The topological polar surface area (TPSA) is 80.1 Å². The summed E-state index contributed by atoms with van der Waals surface area (Å²) in [4.78, 5) is 38.7. The van der Waals surface area contributed by atoms with Gasteiger partial charge in [0, 0.05) is 39.0 Å². The van der Waals surface area contributed by atoms with Crippen LogP contribution in [0.1, 0.15) is 30.3 Å². The molecule has 1 aliphatic rings. The van der Waals surface area contributed by atoms with Crippen LogP contribution in [0.5, 0.6) is 0 Å². The zero-order valence-corrected chi connectivity index (χ0v) is 12.6. The number of carbonyl (C=O) groups excluding carboxylic acids is 3. The van der Waals surface area contributed by atoms with E-state index >= 15 is 0 Å². The molecule has 7 heteroatoms. The minimum absolute atomic E-state index is 0.0802. The van der Waals surface area contributed by atoms with E-state index in [0.717, 1.165) is 0 Å². The number of nitrogens with zero attached hydrogens (tertiary/aromatic N) is 2. The summed E-state index contributed by atoms with van der Waals surface area (Å²) in [5.41, 5.74) is 0. The first kappa shape index (κ1) is 16.1. The quantitative estimate of drug-likeness (QED) is 0.771. The predicted octanol–water partition coefficient (Wildman–Crippen LogP) is 1.54. The lowest BCUT2D eigenvalue weighted by Crippen LogP contribution is -2.50. The van der Waals surface area contributed by atoms with Crippen LogP contribution < -0.4 is 0 Å². The maximum atomic E-state index is 12.1. The summed E-state index contributed by atoms with van der Waals surface area (Å²) < 4.78 is 9.93. The molecule has 22 heavy (non-hydrogen) atoms. The molecule has 0 spiro atoms. The van der Waals surface area contributed by atoms with Gasteiger partial charge in [-0.3, -0.25) is 9.59 Å². The lowest BCUT2D eigenvalue weighted by atomic mass is 10.1. The minimum atomic E-state index is -0.345. The standard InChI is InChI=1S/C15H20N2O5/c1-2-21-15(20)17-9-7-16(8-10-17)14(19)6-5-12(18)13-4-3-11-22-13/h3-4,11H,2,5-10H2,1H3. The molecular weight excluding hydrogens is 288 g/mol. The Morgan fingerprint density at radius 1 is 1.14 bits per heavy atom. The van der Waals surface area contributed by atoms with E-state index in [1.807, 2.05) is 0 Å². The Morgan fingerprint density at radius 3 is 2.41 bits per heavy atom. The number of Topliss-reactive ketones (excluding diaryl/α,β-unsaturated/α-hetero) is 1. The average molecular weight is 308 g/mol. The summed E-state index contributed by atoms with van der Waals surface area (Å²) in [6, 6.07) is 3.23. The van der Waals surface area contributed by atoms with E-state index in [9.17, 15) is 14.4 Å².